The van der Waals surface area contributed by atoms with Crippen LogP contribution in [0.15, 0.2) is 35.1 Å². The van der Waals surface area contributed by atoms with Crippen molar-refractivity contribution in [2.75, 3.05) is 6.54 Å². The fraction of sp³-hybridized carbons (Fsp3) is 0.500. The molecule has 4 nitrogen and oxygen atoms in total. The van der Waals surface area contributed by atoms with Gasteiger partial charge < -0.3 is 9.73 Å². The highest BCUT2D eigenvalue weighted by Gasteiger charge is 2.14. The van der Waals surface area contributed by atoms with Gasteiger partial charge in [0.2, 0.25) is 0 Å². The molecule has 0 spiro atoms. The Labute approximate surface area is 108 Å². The molecule has 0 aliphatic rings. The molecular formula is C14H21N3O. The van der Waals surface area contributed by atoms with E-state index in [9.17, 15) is 0 Å². The molecule has 1 atom stereocenters. The highest BCUT2D eigenvalue weighted by atomic mass is 16.3. The Morgan fingerprint density at radius 2 is 2.33 bits per heavy atom. The van der Waals surface area contributed by atoms with E-state index in [0.717, 1.165) is 31.6 Å². The quantitative estimate of drug-likeness (QED) is 0.818. The third kappa shape index (κ3) is 3.23. The Hall–Kier alpha value is -1.55. The molecule has 0 bridgehead atoms. The van der Waals surface area contributed by atoms with E-state index in [1.807, 2.05) is 30.1 Å². The van der Waals surface area contributed by atoms with Gasteiger partial charge in [0.05, 0.1) is 12.0 Å². The van der Waals surface area contributed by atoms with Crippen molar-refractivity contribution in [3.05, 3.63) is 42.1 Å². The second-order valence-electron chi connectivity index (χ2n) is 4.50. The van der Waals surface area contributed by atoms with Crippen LogP contribution < -0.4 is 5.32 Å². The standard InChI is InChI=1S/C14H21N3O/c1-3-9-15-13(14-8-10-16-17(14)2)7-6-12-5-4-11-18-12/h4-5,8,10-11,13,15H,3,6-7,9H2,1-2H3. The minimum Gasteiger partial charge on any atom is -0.469 e. The number of hydrogen-bond acceptors (Lipinski definition) is 3. The first-order chi connectivity index (χ1) is 8.81. The lowest BCUT2D eigenvalue weighted by Crippen LogP contribution is -2.24. The molecule has 0 saturated carbocycles. The molecule has 2 aromatic rings. The van der Waals surface area contributed by atoms with Crippen molar-refractivity contribution >= 4 is 0 Å². The summed E-state index contributed by atoms with van der Waals surface area (Å²) in [5.74, 6) is 1.04. The van der Waals surface area contributed by atoms with Gasteiger partial charge in [-0.05, 0) is 37.6 Å². The Balaban J connectivity index is 1.99. The molecular weight excluding hydrogens is 226 g/mol. The van der Waals surface area contributed by atoms with Crippen LogP contribution in [0.25, 0.3) is 0 Å². The van der Waals surface area contributed by atoms with E-state index >= 15 is 0 Å². The molecule has 2 heterocycles. The number of rotatable bonds is 7. The third-order valence-electron chi connectivity index (χ3n) is 3.12. The fourth-order valence-corrected chi connectivity index (χ4v) is 2.14. The summed E-state index contributed by atoms with van der Waals surface area (Å²) < 4.78 is 7.33. The number of furan rings is 1. The lowest BCUT2D eigenvalue weighted by atomic mass is 10.1. The zero-order chi connectivity index (χ0) is 12.8. The molecule has 2 rings (SSSR count). The van der Waals surface area contributed by atoms with Crippen LogP contribution in [0.3, 0.4) is 0 Å². The minimum atomic E-state index is 0.336. The molecule has 0 radical (unpaired) electrons. The molecule has 0 aliphatic heterocycles. The molecule has 0 amide bonds. The van der Waals surface area contributed by atoms with Crippen LogP contribution in [0.4, 0.5) is 0 Å². The predicted molar refractivity (Wildman–Crippen MR) is 71.3 cm³/mol. The smallest absolute Gasteiger partial charge is 0.103 e. The minimum absolute atomic E-state index is 0.336. The Bertz CT molecular complexity index is 447. The maximum atomic E-state index is 5.39. The van der Waals surface area contributed by atoms with E-state index in [4.69, 9.17) is 4.42 Å². The van der Waals surface area contributed by atoms with Gasteiger partial charge in [-0.1, -0.05) is 6.92 Å². The number of aryl methyl sites for hydroxylation is 2. The van der Waals surface area contributed by atoms with E-state index in [1.165, 1.54) is 5.69 Å². The second kappa shape index (κ2) is 6.40. The van der Waals surface area contributed by atoms with Crippen molar-refractivity contribution in [3.63, 3.8) is 0 Å². The summed E-state index contributed by atoms with van der Waals surface area (Å²) in [5, 5.41) is 7.82. The van der Waals surface area contributed by atoms with Gasteiger partial charge in [0.1, 0.15) is 5.76 Å². The van der Waals surface area contributed by atoms with Crippen molar-refractivity contribution in [3.8, 4) is 0 Å². The van der Waals surface area contributed by atoms with Gasteiger partial charge in [-0.3, -0.25) is 4.68 Å². The van der Waals surface area contributed by atoms with Gasteiger partial charge in [0, 0.05) is 25.7 Å². The highest BCUT2D eigenvalue weighted by Crippen LogP contribution is 2.18. The van der Waals surface area contributed by atoms with Crippen LogP contribution in [0.5, 0.6) is 0 Å². The normalized spacial score (nSPS) is 12.8. The van der Waals surface area contributed by atoms with E-state index in [2.05, 4.69) is 23.4 Å². The number of hydrogen-bond donors (Lipinski definition) is 1. The maximum Gasteiger partial charge on any atom is 0.103 e. The topological polar surface area (TPSA) is 43.0 Å². The van der Waals surface area contributed by atoms with Gasteiger partial charge in [-0.15, -0.1) is 0 Å². The van der Waals surface area contributed by atoms with Crippen molar-refractivity contribution in [2.45, 2.75) is 32.2 Å². The van der Waals surface area contributed by atoms with Crippen LogP contribution in [-0.4, -0.2) is 16.3 Å². The van der Waals surface area contributed by atoms with Crippen LogP contribution >= 0.6 is 0 Å². The fourth-order valence-electron chi connectivity index (χ4n) is 2.14. The summed E-state index contributed by atoms with van der Waals surface area (Å²) in [5.41, 5.74) is 1.23. The Kier molecular flexibility index (Phi) is 4.59. The molecule has 0 aromatic carbocycles. The van der Waals surface area contributed by atoms with Gasteiger partial charge >= 0.3 is 0 Å². The summed E-state index contributed by atoms with van der Waals surface area (Å²) in [6.45, 7) is 3.20. The average Bonchev–Trinajstić information content (AvgIpc) is 3.01. The van der Waals surface area contributed by atoms with Gasteiger partial charge in [-0.2, -0.15) is 5.10 Å². The number of aromatic nitrogens is 2. The van der Waals surface area contributed by atoms with Gasteiger partial charge in [0.15, 0.2) is 0 Å². The molecule has 2 aromatic heterocycles. The van der Waals surface area contributed by atoms with Crippen molar-refractivity contribution in [1.82, 2.24) is 15.1 Å². The first-order valence-electron chi connectivity index (χ1n) is 6.55. The van der Waals surface area contributed by atoms with Crippen LogP contribution in [0.1, 0.15) is 37.3 Å². The van der Waals surface area contributed by atoms with Crippen LogP contribution in [-0.2, 0) is 13.5 Å². The van der Waals surface area contributed by atoms with Gasteiger partial charge in [-0.25, -0.2) is 0 Å². The van der Waals surface area contributed by atoms with Crippen molar-refractivity contribution in [2.24, 2.45) is 7.05 Å². The zero-order valence-electron chi connectivity index (χ0n) is 11.1. The highest BCUT2D eigenvalue weighted by molar-refractivity contribution is 5.08. The molecule has 0 aliphatic carbocycles. The predicted octanol–water partition coefficient (Wildman–Crippen LogP) is 2.69. The number of nitrogens with zero attached hydrogens (tertiary/aromatic N) is 2. The van der Waals surface area contributed by atoms with Crippen LogP contribution in [0, 0.1) is 0 Å². The zero-order valence-corrected chi connectivity index (χ0v) is 11.1. The van der Waals surface area contributed by atoms with E-state index < -0.39 is 0 Å². The Morgan fingerprint density at radius 1 is 1.44 bits per heavy atom. The monoisotopic (exact) mass is 247 g/mol. The Morgan fingerprint density at radius 3 is 2.94 bits per heavy atom. The van der Waals surface area contributed by atoms with E-state index in [-0.39, 0.29) is 0 Å². The molecule has 18 heavy (non-hydrogen) atoms. The molecule has 1 N–H and O–H groups in total. The molecule has 98 valence electrons. The van der Waals surface area contributed by atoms with Crippen molar-refractivity contribution in [1.29, 1.82) is 0 Å². The summed E-state index contributed by atoms with van der Waals surface area (Å²) in [7, 11) is 1.99. The molecule has 4 heteroatoms. The largest absolute Gasteiger partial charge is 0.469 e. The van der Waals surface area contributed by atoms with Crippen molar-refractivity contribution < 1.29 is 4.42 Å². The summed E-state index contributed by atoms with van der Waals surface area (Å²) in [6, 6.07) is 6.38. The third-order valence-corrected chi connectivity index (χ3v) is 3.12. The molecule has 0 saturated heterocycles. The van der Waals surface area contributed by atoms with E-state index in [0.29, 0.717) is 6.04 Å². The van der Waals surface area contributed by atoms with Gasteiger partial charge in [0.25, 0.3) is 0 Å². The molecule has 1 unspecified atom stereocenters. The maximum absolute atomic E-state index is 5.39. The first-order valence-corrected chi connectivity index (χ1v) is 6.55. The average molecular weight is 247 g/mol. The lowest BCUT2D eigenvalue weighted by molar-refractivity contribution is 0.436. The summed E-state index contributed by atoms with van der Waals surface area (Å²) >= 11 is 0. The molecule has 0 fully saturated rings. The number of nitrogens with one attached hydrogen (secondary N) is 1. The summed E-state index contributed by atoms with van der Waals surface area (Å²) in [4.78, 5) is 0. The lowest BCUT2D eigenvalue weighted by Gasteiger charge is -2.18. The first kappa shape index (κ1) is 12.9. The summed E-state index contributed by atoms with van der Waals surface area (Å²) in [6.07, 6.45) is 6.68. The SMILES string of the molecule is CCCNC(CCc1ccco1)c1ccnn1C. The van der Waals surface area contributed by atoms with Crippen LogP contribution in [0.2, 0.25) is 0 Å². The van der Waals surface area contributed by atoms with E-state index in [1.54, 1.807) is 6.26 Å². The second-order valence-corrected chi connectivity index (χ2v) is 4.50.